The van der Waals surface area contributed by atoms with Crippen molar-refractivity contribution in [3.63, 3.8) is 0 Å². The largest absolute Gasteiger partial charge is 0.466 e. The van der Waals surface area contributed by atoms with Crippen LogP contribution in [0.3, 0.4) is 0 Å². The number of anilines is 1. The molecule has 3 aromatic carbocycles. The molecule has 0 radical (unpaired) electrons. The maximum Gasteiger partial charge on any atom is 0.305 e. The summed E-state index contributed by atoms with van der Waals surface area (Å²) in [5.41, 5.74) is 4.93. The second-order valence-corrected chi connectivity index (χ2v) is 10.1. The predicted molar refractivity (Wildman–Crippen MR) is 155 cm³/mol. The summed E-state index contributed by atoms with van der Waals surface area (Å²) in [6.07, 6.45) is 3.82. The van der Waals surface area contributed by atoms with Crippen LogP contribution in [0.15, 0.2) is 79.0 Å². The van der Waals surface area contributed by atoms with Crippen LogP contribution >= 0.6 is 0 Å². The second-order valence-electron chi connectivity index (χ2n) is 10.1. The number of aryl methyl sites for hydroxylation is 1. The van der Waals surface area contributed by atoms with E-state index in [9.17, 15) is 14.9 Å². The Labute approximate surface area is 230 Å². The number of nitrogens with zero attached hydrogens (tertiary/aromatic N) is 2. The van der Waals surface area contributed by atoms with Crippen molar-refractivity contribution in [3.8, 4) is 6.07 Å². The summed E-state index contributed by atoms with van der Waals surface area (Å²) in [6.45, 7) is 7.15. The first-order chi connectivity index (χ1) is 18.9. The van der Waals surface area contributed by atoms with Gasteiger partial charge in [-0.25, -0.2) is 0 Å². The number of nitriles is 1. The number of fused-ring (bicyclic) bond motifs is 1. The van der Waals surface area contributed by atoms with E-state index in [-0.39, 0.29) is 11.8 Å². The van der Waals surface area contributed by atoms with Crippen molar-refractivity contribution in [2.75, 3.05) is 11.9 Å². The van der Waals surface area contributed by atoms with Gasteiger partial charge in [0.05, 0.1) is 12.7 Å². The van der Waals surface area contributed by atoms with Crippen molar-refractivity contribution in [2.45, 2.75) is 52.6 Å². The maximum atomic E-state index is 13.7. The number of carbonyl (C=O) groups excluding carboxylic acids is 2. The molecule has 0 aliphatic heterocycles. The van der Waals surface area contributed by atoms with Crippen LogP contribution in [0.2, 0.25) is 0 Å². The molecule has 4 rings (SSSR count). The lowest BCUT2D eigenvalue weighted by Crippen LogP contribution is -2.10. The van der Waals surface area contributed by atoms with Crippen LogP contribution in [0.25, 0.3) is 10.9 Å². The SMILES string of the molecule is CCOC(=O)CCCn1cc(C(=O)c2cccc(NC(C#N)c3ccc(CC(C)C)cc3)c2)c2ccccc21. The molecule has 0 bridgehead atoms. The van der Waals surface area contributed by atoms with E-state index in [4.69, 9.17) is 4.74 Å². The van der Waals surface area contributed by atoms with E-state index in [1.807, 2.05) is 59.3 Å². The van der Waals surface area contributed by atoms with Crippen LogP contribution in [0.1, 0.15) is 66.7 Å². The Morgan fingerprint density at radius 2 is 1.79 bits per heavy atom. The Balaban J connectivity index is 1.53. The van der Waals surface area contributed by atoms with Gasteiger partial charge in [-0.1, -0.05) is 68.4 Å². The highest BCUT2D eigenvalue weighted by molar-refractivity contribution is 6.16. The number of nitrogens with one attached hydrogen (secondary N) is 1. The van der Waals surface area contributed by atoms with E-state index in [2.05, 4.69) is 37.4 Å². The molecule has 0 fully saturated rings. The third-order valence-corrected chi connectivity index (χ3v) is 6.64. The monoisotopic (exact) mass is 521 g/mol. The summed E-state index contributed by atoms with van der Waals surface area (Å²) in [5, 5.41) is 14.0. The molecule has 1 aromatic heterocycles. The molecule has 6 nitrogen and oxygen atoms in total. The molecule has 200 valence electrons. The minimum atomic E-state index is -0.537. The van der Waals surface area contributed by atoms with Crippen molar-refractivity contribution in [1.82, 2.24) is 4.57 Å². The van der Waals surface area contributed by atoms with Gasteiger partial charge >= 0.3 is 5.97 Å². The molecule has 1 N–H and O–H groups in total. The van der Waals surface area contributed by atoms with Crippen molar-refractivity contribution in [2.24, 2.45) is 5.92 Å². The third-order valence-electron chi connectivity index (χ3n) is 6.64. The van der Waals surface area contributed by atoms with Crippen molar-refractivity contribution in [1.29, 1.82) is 5.26 Å². The lowest BCUT2D eigenvalue weighted by Gasteiger charge is -2.15. The van der Waals surface area contributed by atoms with E-state index in [1.54, 1.807) is 19.1 Å². The molecule has 0 amide bonds. The van der Waals surface area contributed by atoms with Crippen LogP contribution in [0.4, 0.5) is 5.69 Å². The molecule has 6 heteroatoms. The Kier molecular flexibility index (Phi) is 9.17. The molecule has 1 atom stereocenters. The van der Waals surface area contributed by atoms with Crippen LogP contribution in [-0.4, -0.2) is 22.9 Å². The number of carbonyl (C=O) groups is 2. The molecule has 0 aliphatic rings. The van der Waals surface area contributed by atoms with Gasteiger partial charge in [0.15, 0.2) is 5.78 Å². The average molecular weight is 522 g/mol. The van der Waals surface area contributed by atoms with E-state index in [0.717, 1.165) is 22.9 Å². The number of hydrogen-bond acceptors (Lipinski definition) is 5. The zero-order valence-corrected chi connectivity index (χ0v) is 22.8. The molecule has 1 unspecified atom stereocenters. The maximum absolute atomic E-state index is 13.7. The number of rotatable bonds is 12. The summed E-state index contributed by atoms with van der Waals surface area (Å²) in [7, 11) is 0. The third kappa shape index (κ3) is 6.94. The fraction of sp³-hybridized carbons (Fsp3) is 0.303. The van der Waals surface area contributed by atoms with Gasteiger partial charge in [-0.3, -0.25) is 9.59 Å². The summed E-state index contributed by atoms with van der Waals surface area (Å²) in [4.78, 5) is 25.4. The summed E-state index contributed by atoms with van der Waals surface area (Å²) in [6, 6.07) is 25.0. The van der Waals surface area contributed by atoms with Crippen LogP contribution in [0, 0.1) is 17.2 Å². The van der Waals surface area contributed by atoms with Gasteiger partial charge in [-0.2, -0.15) is 5.26 Å². The molecular formula is C33H35N3O3. The topological polar surface area (TPSA) is 84.1 Å². The summed E-state index contributed by atoms with van der Waals surface area (Å²) < 4.78 is 7.06. The molecule has 0 aliphatic carbocycles. The average Bonchev–Trinajstić information content (AvgIpc) is 3.30. The Hall–Kier alpha value is -4.37. The summed E-state index contributed by atoms with van der Waals surface area (Å²) >= 11 is 0. The zero-order chi connectivity index (χ0) is 27.8. The van der Waals surface area contributed by atoms with Gasteiger partial charge in [0.1, 0.15) is 6.04 Å². The number of ketones is 1. The standard InChI is InChI=1S/C33H35N3O3/c1-4-39-32(37)13-8-18-36-22-29(28-11-5-6-12-31(28)36)33(38)26-9-7-10-27(20-26)35-30(21-34)25-16-14-24(15-17-25)19-23(2)3/h5-7,9-12,14-17,20,22-23,30,35H,4,8,13,18-19H2,1-3H3. The van der Waals surface area contributed by atoms with E-state index in [0.29, 0.717) is 48.7 Å². The van der Waals surface area contributed by atoms with Gasteiger partial charge in [0.25, 0.3) is 0 Å². The van der Waals surface area contributed by atoms with Crippen LogP contribution in [-0.2, 0) is 22.5 Å². The molecule has 1 heterocycles. The van der Waals surface area contributed by atoms with Gasteiger partial charge in [-0.15, -0.1) is 0 Å². The van der Waals surface area contributed by atoms with Gasteiger partial charge < -0.3 is 14.6 Å². The van der Waals surface area contributed by atoms with E-state index >= 15 is 0 Å². The normalized spacial score (nSPS) is 11.8. The Morgan fingerprint density at radius 3 is 2.51 bits per heavy atom. The van der Waals surface area contributed by atoms with Gasteiger partial charge in [0.2, 0.25) is 0 Å². The first-order valence-electron chi connectivity index (χ1n) is 13.5. The predicted octanol–water partition coefficient (Wildman–Crippen LogP) is 7.09. The van der Waals surface area contributed by atoms with E-state index < -0.39 is 6.04 Å². The highest BCUT2D eigenvalue weighted by Crippen LogP contribution is 2.27. The van der Waals surface area contributed by atoms with Gasteiger partial charge in [-0.05, 0) is 55.0 Å². The molecule has 0 saturated carbocycles. The fourth-order valence-corrected chi connectivity index (χ4v) is 4.82. The molecule has 0 saturated heterocycles. The molecule has 4 aromatic rings. The Bertz CT molecular complexity index is 1480. The van der Waals surface area contributed by atoms with Crippen molar-refractivity contribution < 1.29 is 14.3 Å². The van der Waals surface area contributed by atoms with E-state index in [1.165, 1.54) is 5.56 Å². The number of esters is 1. The lowest BCUT2D eigenvalue weighted by atomic mass is 9.99. The van der Waals surface area contributed by atoms with Gasteiger partial charge in [0, 0.05) is 46.9 Å². The first-order valence-corrected chi connectivity index (χ1v) is 13.5. The minimum Gasteiger partial charge on any atom is -0.466 e. The number of hydrogen-bond donors (Lipinski definition) is 1. The minimum absolute atomic E-state index is 0.0921. The highest BCUT2D eigenvalue weighted by Gasteiger charge is 2.18. The molecule has 39 heavy (non-hydrogen) atoms. The summed E-state index contributed by atoms with van der Waals surface area (Å²) in [5.74, 6) is 0.266. The van der Waals surface area contributed by atoms with Crippen molar-refractivity contribution >= 4 is 28.3 Å². The van der Waals surface area contributed by atoms with Crippen LogP contribution in [0.5, 0.6) is 0 Å². The molecular weight excluding hydrogens is 486 g/mol. The first kappa shape index (κ1) is 27.7. The van der Waals surface area contributed by atoms with Crippen LogP contribution < -0.4 is 5.32 Å². The molecule has 0 spiro atoms. The fourth-order valence-electron chi connectivity index (χ4n) is 4.82. The second kappa shape index (κ2) is 12.9. The number of para-hydroxylation sites is 1. The highest BCUT2D eigenvalue weighted by atomic mass is 16.5. The zero-order valence-electron chi connectivity index (χ0n) is 22.8. The van der Waals surface area contributed by atoms with Crippen molar-refractivity contribution in [3.05, 3.63) is 101 Å². The quantitative estimate of drug-likeness (QED) is 0.159. The smallest absolute Gasteiger partial charge is 0.305 e. The number of ether oxygens (including phenoxy) is 1. The lowest BCUT2D eigenvalue weighted by molar-refractivity contribution is -0.143. The number of aromatic nitrogens is 1. The number of benzene rings is 3. The Morgan fingerprint density at radius 1 is 1.03 bits per heavy atom.